The van der Waals surface area contributed by atoms with Crippen LogP contribution in [0, 0.1) is 26.2 Å². The van der Waals surface area contributed by atoms with Gasteiger partial charge in [0.05, 0.1) is 12.7 Å². The van der Waals surface area contributed by atoms with E-state index in [9.17, 15) is 9.59 Å². The van der Waals surface area contributed by atoms with Crippen LogP contribution in [0.15, 0.2) is 60.7 Å². The van der Waals surface area contributed by atoms with Crippen molar-refractivity contribution in [3.8, 4) is 11.1 Å². The van der Waals surface area contributed by atoms with Crippen molar-refractivity contribution in [2.45, 2.75) is 51.6 Å². The fourth-order valence-corrected chi connectivity index (χ4v) is 7.81. The Balaban J connectivity index is 1.31. The number of aryl methyl sites for hydroxylation is 3. The standard InChI is InChI=1S/C32H33N5O2/c1-18-10-15-25(36(18)4)30(38)33-29-28-24-9-7-6-8-22(24)16-32(28)17-26(32)37(5,31(29)39)23-13-11-21(12-14-23)27-19(2)34-35-20(27)3/h6-15,26,28-29H,16-17H2,1-5H3,(H-,33,34,35,38)/p+1/t26?,28?,29-,32?,37?/m0/s1. The average molecular weight is 521 g/mol. The van der Waals surface area contributed by atoms with Crippen molar-refractivity contribution in [1.29, 1.82) is 0 Å². The predicted molar refractivity (Wildman–Crippen MR) is 151 cm³/mol. The number of nitrogens with one attached hydrogen (secondary N) is 2. The zero-order valence-corrected chi connectivity index (χ0v) is 23.1. The third-order valence-corrected chi connectivity index (χ3v) is 10.00. The summed E-state index contributed by atoms with van der Waals surface area (Å²) in [7, 11) is 3.94. The zero-order valence-electron chi connectivity index (χ0n) is 23.1. The molecule has 2 fully saturated rings. The lowest BCUT2D eigenvalue weighted by molar-refractivity contribution is -0.135. The van der Waals surface area contributed by atoms with Crippen LogP contribution in [0.4, 0.5) is 5.69 Å². The van der Waals surface area contributed by atoms with E-state index in [-0.39, 0.29) is 33.7 Å². The molecule has 7 heteroatoms. The highest BCUT2D eigenvalue weighted by Gasteiger charge is 2.78. The van der Waals surface area contributed by atoms with Crippen LogP contribution in [0.2, 0.25) is 0 Å². The minimum absolute atomic E-state index is 0.0155. The minimum Gasteiger partial charge on any atom is -0.344 e. The summed E-state index contributed by atoms with van der Waals surface area (Å²) in [5.74, 6) is -0.161. The van der Waals surface area contributed by atoms with Gasteiger partial charge in [-0.25, -0.2) is 9.28 Å². The monoisotopic (exact) mass is 520 g/mol. The predicted octanol–water partition coefficient (Wildman–Crippen LogP) is 4.71. The van der Waals surface area contributed by atoms with Crippen LogP contribution < -0.4 is 9.80 Å². The van der Waals surface area contributed by atoms with Gasteiger partial charge < -0.3 is 9.88 Å². The topological polar surface area (TPSA) is 79.8 Å². The molecule has 198 valence electrons. The summed E-state index contributed by atoms with van der Waals surface area (Å²) in [5.41, 5.74) is 9.20. The second-order valence-corrected chi connectivity index (χ2v) is 11.9. The van der Waals surface area contributed by atoms with Gasteiger partial charge in [0, 0.05) is 53.9 Å². The molecule has 4 unspecified atom stereocenters. The number of carbonyl (C=O) groups is 2. The molecular weight excluding hydrogens is 486 g/mol. The Morgan fingerprint density at radius 2 is 1.82 bits per heavy atom. The molecule has 2 N–H and O–H groups in total. The molecule has 7 nitrogen and oxygen atoms in total. The number of rotatable bonds is 4. The quantitative estimate of drug-likeness (QED) is 0.383. The van der Waals surface area contributed by atoms with Crippen LogP contribution in [0.5, 0.6) is 0 Å². The van der Waals surface area contributed by atoms with Gasteiger partial charge in [-0.2, -0.15) is 5.10 Å². The van der Waals surface area contributed by atoms with Crippen molar-refractivity contribution in [2.75, 3.05) is 7.05 Å². The molecule has 1 saturated heterocycles. The molecule has 0 bridgehead atoms. The van der Waals surface area contributed by atoms with Crippen molar-refractivity contribution in [2.24, 2.45) is 12.5 Å². The number of fused-ring (bicyclic) bond motifs is 2. The number of quaternary nitrogens is 1. The Kier molecular flexibility index (Phi) is 4.96. The van der Waals surface area contributed by atoms with Gasteiger partial charge in [0.25, 0.3) is 5.91 Å². The van der Waals surface area contributed by atoms with E-state index in [1.807, 2.05) is 44.5 Å². The van der Waals surface area contributed by atoms with Crippen molar-refractivity contribution in [3.63, 3.8) is 0 Å². The Morgan fingerprint density at radius 1 is 1.08 bits per heavy atom. The Labute approximate surface area is 228 Å². The first-order valence-electron chi connectivity index (χ1n) is 13.7. The van der Waals surface area contributed by atoms with Crippen molar-refractivity contribution in [3.05, 3.63) is 94.6 Å². The number of carbonyl (C=O) groups excluding carboxylic acids is 2. The van der Waals surface area contributed by atoms with Gasteiger partial charge in [-0.05, 0) is 68.1 Å². The van der Waals surface area contributed by atoms with Crippen LogP contribution in [-0.4, -0.2) is 45.7 Å². The number of benzene rings is 2. The van der Waals surface area contributed by atoms with Crippen LogP contribution in [0.1, 0.15) is 51.0 Å². The number of amides is 2. The summed E-state index contributed by atoms with van der Waals surface area (Å²) in [5, 5.41) is 10.7. The summed E-state index contributed by atoms with van der Waals surface area (Å²) in [6.45, 7) is 6.00. The number of aromatic nitrogens is 3. The number of piperidine rings is 1. The van der Waals surface area contributed by atoms with E-state index < -0.39 is 6.04 Å². The molecule has 4 aromatic rings. The second-order valence-electron chi connectivity index (χ2n) is 11.9. The first-order chi connectivity index (χ1) is 18.7. The fourth-order valence-electron chi connectivity index (χ4n) is 7.81. The van der Waals surface area contributed by atoms with Crippen molar-refractivity contribution >= 4 is 17.5 Å². The highest BCUT2D eigenvalue weighted by atomic mass is 16.2. The maximum absolute atomic E-state index is 14.6. The summed E-state index contributed by atoms with van der Waals surface area (Å²) >= 11 is 0. The van der Waals surface area contributed by atoms with Gasteiger partial charge in [-0.15, -0.1) is 0 Å². The molecule has 1 aliphatic heterocycles. The largest absolute Gasteiger partial charge is 0.344 e. The van der Waals surface area contributed by atoms with Gasteiger partial charge in [0.1, 0.15) is 17.4 Å². The van der Waals surface area contributed by atoms with Gasteiger partial charge in [0.15, 0.2) is 6.04 Å². The summed E-state index contributed by atoms with van der Waals surface area (Å²) in [6.07, 6.45) is 1.91. The zero-order chi connectivity index (χ0) is 27.3. The molecule has 1 spiro atoms. The molecule has 7 rings (SSSR count). The second kappa shape index (κ2) is 8.02. The normalized spacial score (nSPS) is 28.5. The van der Waals surface area contributed by atoms with Crippen LogP contribution in [0.25, 0.3) is 11.1 Å². The molecular formula is C32H34N5O2+. The highest BCUT2D eigenvalue weighted by molar-refractivity contribution is 6.02. The van der Waals surface area contributed by atoms with Crippen LogP contribution in [-0.2, 0) is 18.3 Å². The van der Waals surface area contributed by atoms with E-state index in [1.165, 1.54) is 11.1 Å². The minimum atomic E-state index is -0.613. The molecule has 2 aliphatic carbocycles. The molecule has 2 aromatic carbocycles. The molecule has 3 aliphatic rings. The maximum Gasteiger partial charge on any atom is 0.341 e. The highest BCUT2D eigenvalue weighted by Crippen LogP contribution is 2.70. The lowest BCUT2D eigenvalue weighted by atomic mass is 9.78. The third-order valence-electron chi connectivity index (χ3n) is 10.00. The fraction of sp³-hybridized carbons (Fsp3) is 0.344. The van der Waals surface area contributed by atoms with Gasteiger partial charge in [-0.3, -0.25) is 9.89 Å². The third kappa shape index (κ3) is 3.16. The Hall–Kier alpha value is -3.97. The number of hydrogen-bond acceptors (Lipinski definition) is 3. The number of likely N-dealkylation sites (tertiary alicyclic amines) is 1. The number of likely N-dealkylation sites (N-methyl/N-ethyl adjacent to an activating group) is 1. The number of hydrogen-bond donors (Lipinski definition) is 2. The molecule has 0 radical (unpaired) electrons. The average Bonchev–Trinajstić information content (AvgIpc) is 3.22. The van der Waals surface area contributed by atoms with E-state index in [0.29, 0.717) is 5.69 Å². The van der Waals surface area contributed by atoms with Crippen molar-refractivity contribution in [1.82, 2.24) is 24.6 Å². The van der Waals surface area contributed by atoms with Crippen LogP contribution in [0.3, 0.4) is 0 Å². The lowest BCUT2D eigenvalue weighted by Gasteiger charge is -2.43. The Bertz CT molecular complexity index is 1640. The van der Waals surface area contributed by atoms with E-state index >= 15 is 0 Å². The SMILES string of the molecule is Cc1n[nH]c(C)c1-c1ccc([N+]2(C)C(=O)[C@@H](NC(=O)c3ccc(C)n3C)C3c4ccccc4CC34CC42)cc1. The molecule has 2 aromatic heterocycles. The van der Waals surface area contributed by atoms with Crippen LogP contribution >= 0.6 is 0 Å². The van der Waals surface area contributed by atoms with E-state index in [1.54, 1.807) is 0 Å². The number of H-pyrrole nitrogens is 1. The van der Waals surface area contributed by atoms with Gasteiger partial charge in [-0.1, -0.05) is 24.3 Å². The summed E-state index contributed by atoms with van der Waals surface area (Å²) in [4.78, 5) is 28.2. The molecule has 3 heterocycles. The number of nitrogens with zero attached hydrogens (tertiary/aromatic N) is 3. The smallest absolute Gasteiger partial charge is 0.341 e. The maximum atomic E-state index is 14.6. The molecule has 1 saturated carbocycles. The molecule has 39 heavy (non-hydrogen) atoms. The van der Waals surface area contributed by atoms with E-state index in [0.717, 1.165) is 46.7 Å². The van der Waals surface area contributed by atoms with E-state index in [4.69, 9.17) is 0 Å². The summed E-state index contributed by atoms with van der Waals surface area (Å²) in [6, 6.07) is 20.2. The Morgan fingerprint density at radius 3 is 2.49 bits per heavy atom. The summed E-state index contributed by atoms with van der Waals surface area (Å²) < 4.78 is 2.08. The van der Waals surface area contributed by atoms with Crippen molar-refractivity contribution < 1.29 is 9.59 Å². The van der Waals surface area contributed by atoms with Gasteiger partial charge in [0.2, 0.25) is 0 Å². The first-order valence-corrected chi connectivity index (χ1v) is 13.7. The first kappa shape index (κ1) is 24.1. The lowest BCUT2D eigenvalue weighted by Crippen LogP contribution is -2.67. The number of aromatic amines is 1. The van der Waals surface area contributed by atoms with E-state index in [2.05, 4.69) is 71.1 Å². The molecule has 2 amide bonds. The molecule has 5 atom stereocenters. The van der Waals surface area contributed by atoms with Gasteiger partial charge >= 0.3 is 5.91 Å².